The van der Waals surface area contributed by atoms with Crippen molar-refractivity contribution in [2.24, 2.45) is 5.73 Å². The van der Waals surface area contributed by atoms with Crippen LogP contribution in [0.25, 0.3) is 0 Å². The van der Waals surface area contributed by atoms with Crippen LogP contribution in [0.4, 0.5) is 4.39 Å². The Hall–Kier alpha value is -1.87. The summed E-state index contributed by atoms with van der Waals surface area (Å²) in [5.41, 5.74) is 7.99. The van der Waals surface area contributed by atoms with Gasteiger partial charge in [0.05, 0.1) is 0 Å². The zero-order valence-electron chi connectivity index (χ0n) is 10.6. The van der Waals surface area contributed by atoms with Gasteiger partial charge in [-0.25, -0.2) is 4.39 Å². The highest BCUT2D eigenvalue weighted by atomic mass is 19.1. The van der Waals surface area contributed by atoms with E-state index in [2.05, 4.69) is 0 Å². The molecule has 0 aliphatic carbocycles. The molecule has 2 atom stereocenters. The largest absolute Gasteiger partial charge is 0.488 e. The SMILES string of the molecule is NC(Cc1ccccc1F)C1Cc2ccccc2O1. The molecule has 3 heteroatoms. The monoisotopic (exact) mass is 257 g/mol. The van der Waals surface area contributed by atoms with Gasteiger partial charge in [0.1, 0.15) is 17.7 Å². The maximum atomic E-state index is 13.6. The second-order valence-corrected chi connectivity index (χ2v) is 4.93. The van der Waals surface area contributed by atoms with Crippen molar-refractivity contribution in [1.82, 2.24) is 0 Å². The lowest BCUT2D eigenvalue weighted by atomic mass is 9.98. The molecule has 1 aliphatic rings. The molecule has 2 aromatic rings. The van der Waals surface area contributed by atoms with Crippen LogP contribution in [0.15, 0.2) is 48.5 Å². The third-order valence-corrected chi connectivity index (χ3v) is 3.56. The topological polar surface area (TPSA) is 35.2 Å². The first-order valence-electron chi connectivity index (χ1n) is 6.47. The minimum atomic E-state index is -0.204. The summed E-state index contributed by atoms with van der Waals surface area (Å²) >= 11 is 0. The molecule has 1 heterocycles. The minimum absolute atomic E-state index is 0.0722. The quantitative estimate of drug-likeness (QED) is 0.917. The lowest BCUT2D eigenvalue weighted by molar-refractivity contribution is 0.197. The predicted octanol–water partition coefficient (Wildman–Crippen LogP) is 2.70. The van der Waals surface area contributed by atoms with Gasteiger partial charge in [-0.15, -0.1) is 0 Å². The van der Waals surface area contributed by atoms with E-state index in [0.29, 0.717) is 12.0 Å². The third-order valence-electron chi connectivity index (χ3n) is 3.56. The summed E-state index contributed by atoms with van der Waals surface area (Å²) in [6.07, 6.45) is 1.22. The van der Waals surface area contributed by atoms with Crippen molar-refractivity contribution in [2.75, 3.05) is 0 Å². The van der Waals surface area contributed by atoms with E-state index in [1.54, 1.807) is 12.1 Å². The van der Waals surface area contributed by atoms with E-state index in [1.807, 2.05) is 30.3 Å². The number of rotatable bonds is 3. The highest BCUT2D eigenvalue weighted by Gasteiger charge is 2.28. The van der Waals surface area contributed by atoms with Crippen molar-refractivity contribution in [1.29, 1.82) is 0 Å². The van der Waals surface area contributed by atoms with Crippen molar-refractivity contribution in [2.45, 2.75) is 25.0 Å². The Labute approximate surface area is 112 Å². The zero-order valence-corrected chi connectivity index (χ0v) is 10.6. The molecule has 2 unspecified atom stereocenters. The fourth-order valence-corrected chi connectivity index (χ4v) is 2.50. The molecule has 0 spiro atoms. The Morgan fingerprint density at radius 3 is 2.68 bits per heavy atom. The molecule has 19 heavy (non-hydrogen) atoms. The highest BCUT2D eigenvalue weighted by molar-refractivity contribution is 5.37. The summed E-state index contributed by atoms with van der Waals surface area (Å²) in [6.45, 7) is 0. The van der Waals surface area contributed by atoms with Crippen LogP contribution in [-0.2, 0) is 12.8 Å². The van der Waals surface area contributed by atoms with Crippen LogP contribution in [0.2, 0.25) is 0 Å². The first-order chi connectivity index (χ1) is 9.24. The summed E-state index contributed by atoms with van der Waals surface area (Å²) in [5.74, 6) is 0.699. The Bertz CT molecular complexity index is 559. The molecule has 2 aromatic carbocycles. The van der Waals surface area contributed by atoms with E-state index in [-0.39, 0.29) is 18.0 Å². The fraction of sp³-hybridized carbons (Fsp3) is 0.250. The number of hydrogen-bond donors (Lipinski definition) is 1. The number of nitrogens with two attached hydrogens (primary N) is 1. The molecule has 0 amide bonds. The average Bonchev–Trinajstić information content (AvgIpc) is 2.85. The Morgan fingerprint density at radius 2 is 1.89 bits per heavy atom. The zero-order chi connectivity index (χ0) is 13.2. The number of halogens is 1. The summed E-state index contributed by atoms with van der Waals surface area (Å²) in [6, 6.07) is 14.5. The molecule has 3 rings (SSSR count). The first kappa shape index (κ1) is 12.2. The van der Waals surface area contributed by atoms with Crippen molar-refractivity contribution >= 4 is 0 Å². The second-order valence-electron chi connectivity index (χ2n) is 4.93. The number of benzene rings is 2. The molecular formula is C16H16FNO. The van der Waals surface area contributed by atoms with E-state index in [1.165, 1.54) is 11.6 Å². The van der Waals surface area contributed by atoms with Crippen LogP contribution < -0.4 is 10.5 Å². The molecule has 0 saturated carbocycles. The van der Waals surface area contributed by atoms with Crippen LogP contribution in [-0.4, -0.2) is 12.1 Å². The number of fused-ring (bicyclic) bond motifs is 1. The molecular weight excluding hydrogens is 241 g/mol. The van der Waals surface area contributed by atoms with E-state index >= 15 is 0 Å². The van der Waals surface area contributed by atoms with Crippen LogP contribution in [0.5, 0.6) is 5.75 Å². The molecule has 0 fully saturated rings. The maximum Gasteiger partial charge on any atom is 0.126 e. The van der Waals surface area contributed by atoms with Gasteiger partial charge >= 0.3 is 0 Å². The van der Waals surface area contributed by atoms with Crippen molar-refractivity contribution in [3.8, 4) is 5.75 Å². The van der Waals surface area contributed by atoms with Crippen LogP contribution in [0, 0.1) is 5.82 Å². The standard InChI is InChI=1S/C16H16FNO/c17-13-7-3-1-5-11(13)9-14(18)16-10-12-6-2-4-8-15(12)19-16/h1-8,14,16H,9-10,18H2. The van der Waals surface area contributed by atoms with E-state index in [9.17, 15) is 4.39 Å². The predicted molar refractivity (Wildman–Crippen MR) is 72.6 cm³/mol. The van der Waals surface area contributed by atoms with Gasteiger partial charge in [-0.2, -0.15) is 0 Å². The lowest BCUT2D eigenvalue weighted by Gasteiger charge is -2.19. The molecule has 0 aromatic heterocycles. The molecule has 2 nitrogen and oxygen atoms in total. The van der Waals surface area contributed by atoms with Gasteiger partial charge in [-0.3, -0.25) is 0 Å². The van der Waals surface area contributed by atoms with E-state index in [0.717, 1.165) is 12.2 Å². The molecule has 2 N–H and O–H groups in total. The Balaban J connectivity index is 1.70. The van der Waals surface area contributed by atoms with E-state index < -0.39 is 0 Å². The Morgan fingerprint density at radius 1 is 1.16 bits per heavy atom. The fourth-order valence-electron chi connectivity index (χ4n) is 2.50. The smallest absolute Gasteiger partial charge is 0.126 e. The minimum Gasteiger partial charge on any atom is -0.488 e. The van der Waals surface area contributed by atoms with Gasteiger partial charge in [0.2, 0.25) is 0 Å². The number of ether oxygens (including phenoxy) is 1. The second kappa shape index (κ2) is 5.02. The highest BCUT2D eigenvalue weighted by Crippen LogP contribution is 2.29. The average molecular weight is 257 g/mol. The third kappa shape index (κ3) is 2.47. The number of para-hydroxylation sites is 1. The normalized spacial score (nSPS) is 18.7. The van der Waals surface area contributed by atoms with Crippen molar-refractivity contribution < 1.29 is 9.13 Å². The van der Waals surface area contributed by atoms with Crippen LogP contribution in [0.3, 0.4) is 0 Å². The lowest BCUT2D eigenvalue weighted by Crippen LogP contribution is -2.39. The van der Waals surface area contributed by atoms with Crippen molar-refractivity contribution in [3.63, 3.8) is 0 Å². The van der Waals surface area contributed by atoms with E-state index in [4.69, 9.17) is 10.5 Å². The summed E-state index contributed by atoms with van der Waals surface area (Å²) in [4.78, 5) is 0. The van der Waals surface area contributed by atoms with Gasteiger partial charge in [-0.1, -0.05) is 36.4 Å². The van der Waals surface area contributed by atoms with Gasteiger partial charge < -0.3 is 10.5 Å². The molecule has 0 bridgehead atoms. The van der Waals surface area contributed by atoms with Crippen molar-refractivity contribution in [3.05, 3.63) is 65.5 Å². The summed E-state index contributed by atoms with van der Waals surface area (Å²) in [5, 5.41) is 0. The Kier molecular flexibility index (Phi) is 3.22. The molecule has 98 valence electrons. The van der Waals surface area contributed by atoms with Crippen LogP contribution in [0.1, 0.15) is 11.1 Å². The number of hydrogen-bond acceptors (Lipinski definition) is 2. The van der Waals surface area contributed by atoms with Gasteiger partial charge in [0, 0.05) is 12.5 Å². The summed E-state index contributed by atoms with van der Waals surface area (Å²) in [7, 11) is 0. The molecule has 0 saturated heterocycles. The maximum absolute atomic E-state index is 13.6. The van der Waals surface area contributed by atoms with Gasteiger partial charge in [-0.05, 0) is 29.7 Å². The van der Waals surface area contributed by atoms with Crippen LogP contribution >= 0.6 is 0 Å². The molecule has 1 aliphatic heterocycles. The molecule has 0 radical (unpaired) electrons. The van der Waals surface area contributed by atoms with Gasteiger partial charge in [0.15, 0.2) is 0 Å². The van der Waals surface area contributed by atoms with Gasteiger partial charge in [0.25, 0.3) is 0 Å². The summed E-state index contributed by atoms with van der Waals surface area (Å²) < 4.78 is 19.4. The first-order valence-corrected chi connectivity index (χ1v) is 6.47.